The highest BCUT2D eigenvalue weighted by atomic mass is 127. The number of aliphatic imine (C=N–C) groups is 1. The molecule has 8 heteroatoms. The summed E-state index contributed by atoms with van der Waals surface area (Å²) in [5.74, 6) is 0.561. The molecule has 7 nitrogen and oxygen atoms in total. The Bertz CT molecular complexity index is 388. The van der Waals surface area contributed by atoms with E-state index in [-0.39, 0.29) is 48.4 Å². The second-order valence-corrected chi connectivity index (χ2v) is 4.81. The lowest BCUT2D eigenvalue weighted by Gasteiger charge is -2.25. The maximum Gasteiger partial charge on any atom is 0.243 e. The van der Waals surface area contributed by atoms with Gasteiger partial charge >= 0.3 is 0 Å². The normalized spacial score (nSPS) is 18.1. The Morgan fingerprint density at radius 1 is 1.57 bits per heavy atom. The highest BCUT2D eigenvalue weighted by Gasteiger charge is 2.18. The van der Waals surface area contributed by atoms with Gasteiger partial charge in [-0.15, -0.1) is 30.6 Å². The molecule has 0 spiro atoms. The third-order valence-electron chi connectivity index (χ3n) is 2.89. The second-order valence-electron chi connectivity index (χ2n) is 4.81. The van der Waals surface area contributed by atoms with Gasteiger partial charge in [0, 0.05) is 39.6 Å². The summed E-state index contributed by atoms with van der Waals surface area (Å²) in [5.41, 5.74) is 0. The zero-order valence-corrected chi connectivity index (χ0v) is 14.8. The number of hydrogen-bond donors (Lipinski definition) is 3. The first-order chi connectivity index (χ1) is 9.52. The molecule has 1 saturated heterocycles. The minimum absolute atomic E-state index is 0. The molecule has 0 bridgehead atoms. The van der Waals surface area contributed by atoms with Crippen molar-refractivity contribution in [3.8, 4) is 0 Å². The first-order valence-corrected chi connectivity index (χ1v) is 6.65. The van der Waals surface area contributed by atoms with E-state index in [0.717, 1.165) is 6.42 Å². The van der Waals surface area contributed by atoms with Crippen molar-refractivity contribution >= 4 is 41.8 Å². The van der Waals surface area contributed by atoms with E-state index < -0.39 is 0 Å². The molecule has 0 aliphatic carbocycles. The van der Waals surface area contributed by atoms with Crippen molar-refractivity contribution in [3.05, 3.63) is 12.7 Å². The van der Waals surface area contributed by atoms with Crippen molar-refractivity contribution in [2.75, 3.05) is 33.7 Å². The van der Waals surface area contributed by atoms with Crippen LogP contribution in [0, 0.1) is 0 Å². The molecule has 3 N–H and O–H groups in total. The van der Waals surface area contributed by atoms with Crippen LogP contribution in [0.2, 0.25) is 0 Å². The summed E-state index contributed by atoms with van der Waals surface area (Å²) in [6.45, 7) is 4.84. The molecule has 1 atom stereocenters. The minimum Gasteiger partial charge on any atom is -0.354 e. The lowest BCUT2D eigenvalue weighted by molar-refractivity contribution is -0.127. The van der Waals surface area contributed by atoms with Crippen LogP contribution in [0.3, 0.4) is 0 Å². The maximum atomic E-state index is 11.5. The molecule has 1 aliphatic heterocycles. The Kier molecular flexibility index (Phi) is 9.76. The lowest BCUT2D eigenvalue weighted by atomic mass is 10.1. The average Bonchev–Trinajstić information content (AvgIpc) is 2.43. The molecule has 1 fully saturated rings. The van der Waals surface area contributed by atoms with Crippen molar-refractivity contribution < 1.29 is 9.59 Å². The number of halogens is 1. The Morgan fingerprint density at radius 3 is 2.81 bits per heavy atom. The zero-order valence-electron chi connectivity index (χ0n) is 12.5. The number of amides is 2. The largest absolute Gasteiger partial charge is 0.354 e. The number of hydrogen-bond acceptors (Lipinski definition) is 3. The first-order valence-electron chi connectivity index (χ1n) is 6.65. The fourth-order valence-electron chi connectivity index (χ4n) is 1.66. The highest BCUT2D eigenvalue weighted by molar-refractivity contribution is 14.0. The molecule has 0 saturated carbocycles. The van der Waals surface area contributed by atoms with E-state index in [1.165, 1.54) is 4.90 Å². The molecule has 0 aromatic rings. The monoisotopic (exact) mass is 409 g/mol. The number of carbonyl (C=O) groups is 2. The van der Waals surface area contributed by atoms with Crippen LogP contribution < -0.4 is 16.0 Å². The van der Waals surface area contributed by atoms with Crippen molar-refractivity contribution in [2.24, 2.45) is 4.99 Å². The maximum absolute atomic E-state index is 11.5. The van der Waals surface area contributed by atoms with E-state index in [9.17, 15) is 9.59 Å². The number of nitrogens with one attached hydrogen (secondary N) is 3. The number of guanidine groups is 1. The van der Waals surface area contributed by atoms with Gasteiger partial charge < -0.3 is 20.9 Å². The number of piperidine rings is 1. The summed E-state index contributed by atoms with van der Waals surface area (Å²) in [6.07, 6.45) is 2.97. The predicted octanol–water partition coefficient (Wildman–Crippen LogP) is -0.308. The molecule has 0 aromatic heterocycles. The molecular weight excluding hydrogens is 385 g/mol. The van der Waals surface area contributed by atoms with E-state index in [0.29, 0.717) is 25.5 Å². The van der Waals surface area contributed by atoms with Gasteiger partial charge in [0.05, 0.1) is 0 Å². The van der Waals surface area contributed by atoms with Crippen LogP contribution in [0.4, 0.5) is 0 Å². The predicted molar refractivity (Wildman–Crippen MR) is 93.8 cm³/mol. The number of likely N-dealkylation sites (N-methyl/N-ethyl adjacent to an activating group) is 1. The Balaban J connectivity index is 0.00000400. The third kappa shape index (κ3) is 7.88. The molecule has 1 rings (SSSR count). The SMILES string of the molecule is C=CCNC(=NCC(=O)N(C)C)NC1CCC(=O)NC1.I. The molecule has 0 aromatic carbocycles. The standard InChI is InChI=1S/C13H23N5O2.HI/c1-4-7-14-13(16-9-12(20)18(2)3)17-10-5-6-11(19)15-8-10;/h4,10H,1,5-9H2,2-3H3,(H,15,19)(H2,14,16,17);1H. The van der Waals surface area contributed by atoms with Gasteiger partial charge in [-0.2, -0.15) is 0 Å². The summed E-state index contributed by atoms with van der Waals surface area (Å²) < 4.78 is 0. The van der Waals surface area contributed by atoms with Gasteiger partial charge in [0.2, 0.25) is 11.8 Å². The van der Waals surface area contributed by atoms with Gasteiger partial charge in [-0.25, -0.2) is 4.99 Å². The molecule has 2 amide bonds. The second kappa shape index (κ2) is 10.4. The van der Waals surface area contributed by atoms with Crippen molar-refractivity contribution in [1.82, 2.24) is 20.9 Å². The number of carbonyl (C=O) groups excluding carboxylic acids is 2. The van der Waals surface area contributed by atoms with Gasteiger partial charge in [-0.1, -0.05) is 6.08 Å². The molecular formula is C13H24IN5O2. The number of nitrogens with zero attached hydrogens (tertiary/aromatic N) is 2. The van der Waals surface area contributed by atoms with E-state index in [4.69, 9.17) is 0 Å². The van der Waals surface area contributed by atoms with Gasteiger partial charge in [0.15, 0.2) is 5.96 Å². The molecule has 21 heavy (non-hydrogen) atoms. The molecule has 1 heterocycles. The third-order valence-corrected chi connectivity index (χ3v) is 2.89. The lowest BCUT2D eigenvalue weighted by Crippen LogP contribution is -2.51. The molecule has 1 aliphatic rings. The van der Waals surface area contributed by atoms with E-state index in [2.05, 4.69) is 27.5 Å². The minimum atomic E-state index is -0.0679. The van der Waals surface area contributed by atoms with E-state index in [1.54, 1.807) is 20.2 Å². The average molecular weight is 409 g/mol. The fourth-order valence-corrected chi connectivity index (χ4v) is 1.66. The quantitative estimate of drug-likeness (QED) is 0.252. The smallest absolute Gasteiger partial charge is 0.243 e. The fraction of sp³-hybridized carbons (Fsp3) is 0.615. The van der Waals surface area contributed by atoms with Crippen molar-refractivity contribution in [1.29, 1.82) is 0 Å². The summed E-state index contributed by atoms with van der Waals surface area (Å²) in [7, 11) is 3.39. The van der Waals surface area contributed by atoms with Crippen LogP contribution in [-0.2, 0) is 9.59 Å². The number of rotatable bonds is 5. The summed E-state index contributed by atoms with van der Waals surface area (Å²) in [5, 5.41) is 9.07. The molecule has 1 unspecified atom stereocenters. The first kappa shape index (κ1) is 19.7. The summed E-state index contributed by atoms with van der Waals surface area (Å²) in [4.78, 5) is 28.4. The van der Waals surface area contributed by atoms with Crippen LogP contribution in [0.1, 0.15) is 12.8 Å². The summed E-state index contributed by atoms with van der Waals surface area (Å²) >= 11 is 0. The molecule has 0 radical (unpaired) electrons. The topological polar surface area (TPSA) is 85.8 Å². The van der Waals surface area contributed by atoms with Crippen LogP contribution in [0.5, 0.6) is 0 Å². The zero-order chi connectivity index (χ0) is 15.0. The van der Waals surface area contributed by atoms with Crippen LogP contribution in [-0.4, -0.2) is 62.4 Å². The van der Waals surface area contributed by atoms with Crippen LogP contribution in [0.15, 0.2) is 17.6 Å². The van der Waals surface area contributed by atoms with Gasteiger partial charge in [0.1, 0.15) is 6.54 Å². The Hall–Kier alpha value is -1.32. The highest BCUT2D eigenvalue weighted by Crippen LogP contribution is 2.02. The summed E-state index contributed by atoms with van der Waals surface area (Å²) in [6, 6.07) is 0.123. The van der Waals surface area contributed by atoms with Crippen molar-refractivity contribution in [2.45, 2.75) is 18.9 Å². The van der Waals surface area contributed by atoms with Crippen molar-refractivity contribution in [3.63, 3.8) is 0 Å². The molecule has 120 valence electrons. The van der Waals surface area contributed by atoms with E-state index >= 15 is 0 Å². The Labute approximate surface area is 142 Å². The van der Waals surface area contributed by atoms with Gasteiger partial charge in [0.25, 0.3) is 0 Å². The van der Waals surface area contributed by atoms with Crippen LogP contribution >= 0.6 is 24.0 Å². The van der Waals surface area contributed by atoms with Gasteiger partial charge in [-0.05, 0) is 6.42 Å². The van der Waals surface area contributed by atoms with Gasteiger partial charge in [-0.3, -0.25) is 9.59 Å². The van der Waals surface area contributed by atoms with E-state index in [1.807, 2.05) is 0 Å². The van der Waals surface area contributed by atoms with Crippen LogP contribution in [0.25, 0.3) is 0 Å². The Morgan fingerprint density at radius 2 is 2.29 bits per heavy atom.